The van der Waals surface area contributed by atoms with Gasteiger partial charge < -0.3 is 5.32 Å². The summed E-state index contributed by atoms with van der Waals surface area (Å²) in [6, 6.07) is 10.9. The van der Waals surface area contributed by atoms with Crippen LogP contribution in [0.3, 0.4) is 0 Å². The molecule has 1 N–H and O–H groups in total. The molecule has 20 heavy (non-hydrogen) atoms. The molecule has 0 atom stereocenters. The maximum absolute atomic E-state index is 12.1. The fraction of sp³-hybridized carbons (Fsp3) is 0.0667. The second-order valence-corrected chi connectivity index (χ2v) is 5.44. The van der Waals surface area contributed by atoms with Crippen molar-refractivity contribution < 1.29 is 4.79 Å². The molecule has 1 aromatic heterocycles. The zero-order chi connectivity index (χ0) is 14.5. The van der Waals surface area contributed by atoms with E-state index in [0.29, 0.717) is 10.7 Å². The third kappa shape index (κ3) is 3.27. The summed E-state index contributed by atoms with van der Waals surface area (Å²) in [5.41, 5.74) is 1.44. The number of carbonyl (C=O) groups excluding carboxylic acids is 1. The minimum Gasteiger partial charge on any atom is -0.321 e. The van der Waals surface area contributed by atoms with Crippen LogP contribution in [0.4, 0.5) is 5.69 Å². The van der Waals surface area contributed by atoms with Crippen LogP contribution in [0.2, 0.25) is 5.02 Å². The summed E-state index contributed by atoms with van der Waals surface area (Å²) in [7, 11) is 0. The average molecular weight is 303 g/mol. The largest absolute Gasteiger partial charge is 0.321 e. The average Bonchev–Trinajstić information content (AvgIpc) is 2.94. The third-order valence-electron chi connectivity index (χ3n) is 2.71. The first-order chi connectivity index (χ1) is 9.61. The molecule has 0 unspecified atom stereocenters. The Morgan fingerprint density at radius 2 is 2.20 bits per heavy atom. The lowest BCUT2D eigenvalue weighted by atomic mass is 10.1. The van der Waals surface area contributed by atoms with Crippen LogP contribution in [0.5, 0.6) is 0 Å². The van der Waals surface area contributed by atoms with Crippen LogP contribution in [0.1, 0.15) is 10.4 Å². The second-order valence-electron chi connectivity index (χ2n) is 4.05. The van der Waals surface area contributed by atoms with E-state index in [2.05, 4.69) is 5.32 Å². The van der Waals surface area contributed by atoms with Crippen molar-refractivity contribution >= 4 is 40.6 Å². The number of hydrogen-bond acceptors (Lipinski definition) is 3. The van der Waals surface area contributed by atoms with Gasteiger partial charge in [0, 0.05) is 15.6 Å². The first-order valence-corrected chi connectivity index (χ1v) is 7.09. The quantitative estimate of drug-likeness (QED) is 0.680. The van der Waals surface area contributed by atoms with Crippen molar-refractivity contribution in [3.8, 4) is 6.07 Å². The standard InChI is InChI=1S/C15H11ClN2OS/c1-10-13(16)5-2-6-14(10)18-15(19)11(9-17)8-12-4-3-7-20-12/h2-8H,1H3,(H,18,19)/b11-8+. The summed E-state index contributed by atoms with van der Waals surface area (Å²) in [6.07, 6.45) is 1.57. The van der Waals surface area contributed by atoms with Gasteiger partial charge in [0.1, 0.15) is 11.6 Å². The number of hydrogen-bond donors (Lipinski definition) is 1. The molecule has 0 fully saturated rings. The number of nitrogens with zero attached hydrogens (tertiary/aromatic N) is 1. The van der Waals surface area contributed by atoms with E-state index in [1.165, 1.54) is 11.3 Å². The van der Waals surface area contributed by atoms with Crippen molar-refractivity contribution in [3.05, 3.63) is 56.7 Å². The number of anilines is 1. The molecule has 0 saturated carbocycles. The Kier molecular flexibility index (Phi) is 4.57. The van der Waals surface area contributed by atoms with Crippen molar-refractivity contribution in [1.29, 1.82) is 5.26 Å². The highest BCUT2D eigenvalue weighted by Crippen LogP contribution is 2.23. The molecule has 5 heteroatoms. The van der Waals surface area contributed by atoms with E-state index >= 15 is 0 Å². The molecule has 0 aliphatic carbocycles. The van der Waals surface area contributed by atoms with Gasteiger partial charge in [0.2, 0.25) is 0 Å². The van der Waals surface area contributed by atoms with E-state index < -0.39 is 5.91 Å². The molecule has 0 saturated heterocycles. The van der Waals surface area contributed by atoms with Crippen LogP contribution < -0.4 is 5.32 Å². The summed E-state index contributed by atoms with van der Waals surface area (Å²) in [5, 5.41) is 14.3. The van der Waals surface area contributed by atoms with Crippen molar-refractivity contribution in [3.63, 3.8) is 0 Å². The van der Waals surface area contributed by atoms with Crippen LogP contribution in [0.15, 0.2) is 41.3 Å². The summed E-state index contributed by atoms with van der Waals surface area (Å²) in [6.45, 7) is 1.81. The minimum atomic E-state index is -0.439. The maximum Gasteiger partial charge on any atom is 0.266 e. The SMILES string of the molecule is Cc1c(Cl)cccc1NC(=O)/C(C#N)=C/c1cccs1. The number of halogens is 1. The van der Waals surface area contributed by atoms with E-state index in [9.17, 15) is 4.79 Å². The van der Waals surface area contributed by atoms with E-state index in [4.69, 9.17) is 16.9 Å². The van der Waals surface area contributed by atoms with Crippen LogP contribution in [-0.4, -0.2) is 5.91 Å². The fourth-order valence-electron chi connectivity index (χ4n) is 1.60. The van der Waals surface area contributed by atoms with E-state index in [0.717, 1.165) is 10.4 Å². The van der Waals surface area contributed by atoms with E-state index in [1.807, 2.05) is 30.5 Å². The van der Waals surface area contributed by atoms with Gasteiger partial charge in [-0.15, -0.1) is 11.3 Å². The van der Waals surface area contributed by atoms with E-state index in [1.54, 1.807) is 24.3 Å². The predicted molar refractivity (Wildman–Crippen MR) is 82.7 cm³/mol. The number of amides is 1. The predicted octanol–water partition coefficient (Wildman–Crippen LogP) is 4.26. The second kappa shape index (κ2) is 6.38. The zero-order valence-corrected chi connectivity index (χ0v) is 12.3. The molecule has 0 bridgehead atoms. The number of benzene rings is 1. The molecule has 0 aliphatic heterocycles. The lowest BCUT2D eigenvalue weighted by Gasteiger charge is -2.08. The zero-order valence-electron chi connectivity index (χ0n) is 10.7. The summed E-state index contributed by atoms with van der Waals surface area (Å²) < 4.78 is 0. The molecular formula is C15H11ClN2OS. The van der Waals surface area contributed by atoms with Crippen LogP contribution in [-0.2, 0) is 4.79 Å². The molecule has 100 valence electrons. The van der Waals surface area contributed by atoms with Gasteiger partial charge in [0.15, 0.2) is 0 Å². The molecule has 0 aliphatic rings. The first kappa shape index (κ1) is 14.3. The van der Waals surface area contributed by atoms with Crippen LogP contribution in [0, 0.1) is 18.3 Å². The van der Waals surface area contributed by atoms with Crippen molar-refractivity contribution in [2.75, 3.05) is 5.32 Å². The number of nitrogens with one attached hydrogen (secondary N) is 1. The monoisotopic (exact) mass is 302 g/mol. The maximum atomic E-state index is 12.1. The van der Waals surface area contributed by atoms with Gasteiger partial charge >= 0.3 is 0 Å². The Labute approximate surface area is 126 Å². The molecule has 0 spiro atoms. The van der Waals surface area contributed by atoms with Gasteiger partial charge in [-0.25, -0.2) is 0 Å². The highest BCUT2D eigenvalue weighted by molar-refractivity contribution is 7.10. The molecule has 2 aromatic rings. The van der Waals surface area contributed by atoms with Crippen LogP contribution >= 0.6 is 22.9 Å². The van der Waals surface area contributed by atoms with Gasteiger partial charge in [-0.1, -0.05) is 23.7 Å². The number of nitriles is 1. The van der Waals surface area contributed by atoms with Gasteiger partial charge in [-0.2, -0.15) is 5.26 Å². The Hall–Kier alpha value is -2.09. The summed E-state index contributed by atoms with van der Waals surface area (Å²) >= 11 is 7.46. The Balaban J connectivity index is 2.23. The number of rotatable bonds is 3. The molecular weight excluding hydrogens is 292 g/mol. The molecule has 1 amide bonds. The van der Waals surface area contributed by atoms with Crippen molar-refractivity contribution in [1.82, 2.24) is 0 Å². The number of thiophene rings is 1. The fourth-order valence-corrected chi connectivity index (χ4v) is 2.43. The lowest BCUT2D eigenvalue weighted by molar-refractivity contribution is -0.112. The smallest absolute Gasteiger partial charge is 0.266 e. The van der Waals surface area contributed by atoms with Gasteiger partial charge in [-0.3, -0.25) is 4.79 Å². The topological polar surface area (TPSA) is 52.9 Å². The van der Waals surface area contributed by atoms with Crippen molar-refractivity contribution in [2.24, 2.45) is 0 Å². The highest BCUT2D eigenvalue weighted by Gasteiger charge is 2.11. The Bertz CT molecular complexity index is 699. The molecule has 3 nitrogen and oxygen atoms in total. The first-order valence-electron chi connectivity index (χ1n) is 5.83. The summed E-state index contributed by atoms with van der Waals surface area (Å²) in [4.78, 5) is 13.0. The van der Waals surface area contributed by atoms with Crippen LogP contribution in [0.25, 0.3) is 6.08 Å². The Morgan fingerprint density at radius 3 is 2.85 bits per heavy atom. The molecule has 1 heterocycles. The third-order valence-corrected chi connectivity index (χ3v) is 3.94. The van der Waals surface area contributed by atoms with Gasteiger partial charge in [0.25, 0.3) is 5.91 Å². The molecule has 1 aromatic carbocycles. The van der Waals surface area contributed by atoms with Gasteiger partial charge in [0.05, 0.1) is 0 Å². The number of carbonyl (C=O) groups is 1. The normalized spacial score (nSPS) is 10.9. The molecule has 2 rings (SSSR count). The highest BCUT2D eigenvalue weighted by atomic mass is 35.5. The Morgan fingerprint density at radius 1 is 1.40 bits per heavy atom. The van der Waals surface area contributed by atoms with E-state index in [-0.39, 0.29) is 5.57 Å². The minimum absolute atomic E-state index is 0.0619. The van der Waals surface area contributed by atoms with Gasteiger partial charge in [-0.05, 0) is 42.1 Å². The lowest BCUT2D eigenvalue weighted by Crippen LogP contribution is -2.14. The molecule has 0 radical (unpaired) electrons. The van der Waals surface area contributed by atoms with Crippen molar-refractivity contribution in [2.45, 2.75) is 6.92 Å². The summed E-state index contributed by atoms with van der Waals surface area (Å²) in [5.74, 6) is -0.439.